The molecule has 1 heterocycles. The maximum atomic E-state index is 5.22. The van der Waals surface area contributed by atoms with Crippen LogP contribution in [0.15, 0.2) is 30.5 Å². The molecule has 0 bridgehead atoms. The molecule has 0 aliphatic rings. The topological polar surface area (TPSA) is 34.2 Å². The Hall–Kier alpha value is -1.39. The summed E-state index contributed by atoms with van der Waals surface area (Å²) >= 11 is 1.79. The fourth-order valence-electron chi connectivity index (χ4n) is 1.87. The molecule has 0 radical (unpaired) electrons. The van der Waals surface area contributed by atoms with Gasteiger partial charge >= 0.3 is 0 Å². The third-order valence-electron chi connectivity index (χ3n) is 2.93. The fraction of sp³-hybridized carbons (Fsp3) is 0.400. The molecule has 1 N–H and O–H groups in total. The summed E-state index contributed by atoms with van der Waals surface area (Å²) in [5, 5.41) is 4.67. The molecule has 102 valence electrons. The van der Waals surface area contributed by atoms with Gasteiger partial charge in [-0.05, 0) is 37.1 Å². The van der Waals surface area contributed by atoms with Gasteiger partial charge in [-0.3, -0.25) is 0 Å². The largest absolute Gasteiger partial charge is 0.497 e. The molecular formula is C15H20N2OS. The molecule has 19 heavy (non-hydrogen) atoms. The van der Waals surface area contributed by atoms with E-state index >= 15 is 0 Å². The van der Waals surface area contributed by atoms with Gasteiger partial charge < -0.3 is 10.1 Å². The molecule has 0 saturated heterocycles. The number of ether oxygens (including phenoxy) is 1. The summed E-state index contributed by atoms with van der Waals surface area (Å²) in [5.41, 5.74) is 1.30. The van der Waals surface area contributed by atoms with Gasteiger partial charge in [0.15, 0.2) is 0 Å². The normalized spacial score (nSPS) is 10.6. The SMILES string of the molecule is CCc1ncc(CNCCc2cccc(OC)c2)s1. The quantitative estimate of drug-likeness (QED) is 0.789. The van der Waals surface area contributed by atoms with Crippen molar-refractivity contribution in [2.75, 3.05) is 13.7 Å². The monoisotopic (exact) mass is 276 g/mol. The third-order valence-corrected chi connectivity index (χ3v) is 4.07. The summed E-state index contributed by atoms with van der Waals surface area (Å²) < 4.78 is 5.22. The summed E-state index contributed by atoms with van der Waals surface area (Å²) in [5.74, 6) is 0.924. The van der Waals surface area contributed by atoms with Gasteiger partial charge in [-0.2, -0.15) is 0 Å². The Morgan fingerprint density at radius 1 is 1.37 bits per heavy atom. The Morgan fingerprint density at radius 3 is 3.00 bits per heavy atom. The lowest BCUT2D eigenvalue weighted by Gasteiger charge is -2.05. The van der Waals surface area contributed by atoms with Gasteiger partial charge in [0.2, 0.25) is 0 Å². The first-order valence-corrected chi connectivity index (χ1v) is 7.40. The van der Waals surface area contributed by atoms with Gasteiger partial charge in [0.1, 0.15) is 5.75 Å². The predicted molar refractivity (Wildman–Crippen MR) is 79.9 cm³/mol. The number of thiazole rings is 1. The molecule has 4 heteroatoms. The first kappa shape index (κ1) is 14.0. The van der Waals surface area contributed by atoms with Crippen LogP contribution in [0.1, 0.15) is 22.4 Å². The number of hydrogen-bond acceptors (Lipinski definition) is 4. The van der Waals surface area contributed by atoms with Crippen molar-refractivity contribution < 1.29 is 4.74 Å². The number of aromatic nitrogens is 1. The van der Waals surface area contributed by atoms with Crippen molar-refractivity contribution in [1.82, 2.24) is 10.3 Å². The Bertz CT molecular complexity index is 510. The molecule has 0 unspecified atom stereocenters. The van der Waals surface area contributed by atoms with E-state index in [4.69, 9.17) is 4.74 Å². The van der Waals surface area contributed by atoms with Crippen LogP contribution in [-0.4, -0.2) is 18.6 Å². The molecule has 0 aliphatic carbocycles. The number of aryl methyl sites for hydroxylation is 1. The van der Waals surface area contributed by atoms with Crippen molar-refractivity contribution in [3.05, 3.63) is 45.9 Å². The number of nitrogens with zero attached hydrogens (tertiary/aromatic N) is 1. The Balaban J connectivity index is 1.74. The van der Waals surface area contributed by atoms with Crippen LogP contribution < -0.4 is 10.1 Å². The molecular weight excluding hydrogens is 256 g/mol. The molecule has 1 aromatic carbocycles. The summed E-state index contributed by atoms with van der Waals surface area (Å²) in [4.78, 5) is 5.66. The van der Waals surface area contributed by atoms with Gasteiger partial charge in [0.05, 0.1) is 12.1 Å². The Morgan fingerprint density at radius 2 is 2.26 bits per heavy atom. The van der Waals surface area contributed by atoms with Gasteiger partial charge in [-0.1, -0.05) is 19.1 Å². The molecule has 0 atom stereocenters. The Kier molecular flexibility index (Phi) is 5.36. The van der Waals surface area contributed by atoms with E-state index in [0.29, 0.717) is 0 Å². The van der Waals surface area contributed by atoms with Gasteiger partial charge in [0, 0.05) is 17.6 Å². The van der Waals surface area contributed by atoms with E-state index < -0.39 is 0 Å². The zero-order valence-electron chi connectivity index (χ0n) is 11.5. The summed E-state index contributed by atoms with van der Waals surface area (Å²) in [6.07, 6.45) is 4.01. The third kappa shape index (κ3) is 4.33. The molecule has 2 aromatic rings. The zero-order chi connectivity index (χ0) is 13.5. The van der Waals surface area contributed by atoms with Crippen molar-refractivity contribution in [3.63, 3.8) is 0 Å². The predicted octanol–water partition coefficient (Wildman–Crippen LogP) is 3.05. The van der Waals surface area contributed by atoms with E-state index in [1.807, 2.05) is 18.3 Å². The molecule has 0 saturated carbocycles. The summed E-state index contributed by atoms with van der Waals surface area (Å²) in [6, 6.07) is 8.22. The van der Waals surface area contributed by atoms with E-state index in [-0.39, 0.29) is 0 Å². The van der Waals surface area contributed by atoms with Gasteiger partial charge in [-0.25, -0.2) is 4.98 Å². The zero-order valence-corrected chi connectivity index (χ0v) is 12.3. The molecule has 1 aromatic heterocycles. The first-order valence-electron chi connectivity index (χ1n) is 6.59. The highest BCUT2D eigenvalue weighted by molar-refractivity contribution is 7.11. The molecule has 2 rings (SSSR count). The van der Waals surface area contributed by atoms with Gasteiger partial charge in [-0.15, -0.1) is 11.3 Å². The van der Waals surface area contributed by atoms with Crippen molar-refractivity contribution in [3.8, 4) is 5.75 Å². The van der Waals surface area contributed by atoms with Crippen molar-refractivity contribution >= 4 is 11.3 Å². The van der Waals surface area contributed by atoms with Gasteiger partial charge in [0.25, 0.3) is 0 Å². The number of nitrogens with one attached hydrogen (secondary N) is 1. The van der Waals surface area contributed by atoms with Crippen LogP contribution in [0.5, 0.6) is 5.75 Å². The maximum absolute atomic E-state index is 5.22. The lowest BCUT2D eigenvalue weighted by atomic mass is 10.1. The smallest absolute Gasteiger partial charge is 0.119 e. The highest BCUT2D eigenvalue weighted by Gasteiger charge is 2.00. The molecule has 0 amide bonds. The number of rotatable bonds is 7. The van der Waals surface area contributed by atoms with E-state index in [9.17, 15) is 0 Å². The minimum absolute atomic E-state index is 0.904. The second kappa shape index (κ2) is 7.26. The standard InChI is InChI=1S/C15H20N2OS/c1-3-15-17-11-14(19-15)10-16-8-7-12-5-4-6-13(9-12)18-2/h4-6,9,11,16H,3,7-8,10H2,1-2H3. The molecule has 0 spiro atoms. The van der Waals surface area contributed by atoms with Crippen LogP contribution in [0, 0.1) is 0 Å². The summed E-state index contributed by atoms with van der Waals surface area (Å²) in [6.45, 7) is 4.01. The fourth-order valence-corrected chi connectivity index (χ4v) is 2.70. The highest BCUT2D eigenvalue weighted by atomic mass is 32.1. The minimum atomic E-state index is 0.904. The first-order chi connectivity index (χ1) is 9.31. The van der Waals surface area contributed by atoms with Crippen LogP contribution in [0.2, 0.25) is 0 Å². The second-order valence-electron chi connectivity index (χ2n) is 4.35. The number of benzene rings is 1. The number of hydrogen-bond donors (Lipinski definition) is 1. The van der Waals surface area contributed by atoms with E-state index in [0.717, 1.165) is 31.7 Å². The average molecular weight is 276 g/mol. The van der Waals surface area contributed by atoms with Crippen LogP contribution in [0.3, 0.4) is 0 Å². The van der Waals surface area contributed by atoms with Crippen molar-refractivity contribution in [2.24, 2.45) is 0 Å². The van der Waals surface area contributed by atoms with Crippen LogP contribution in [0.25, 0.3) is 0 Å². The highest BCUT2D eigenvalue weighted by Crippen LogP contribution is 2.14. The van der Waals surface area contributed by atoms with Crippen molar-refractivity contribution in [1.29, 1.82) is 0 Å². The average Bonchev–Trinajstić information content (AvgIpc) is 2.92. The van der Waals surface area contributed by atoms with Crippen LogP contribution in [-0.2, 0) is 19.4 Å². The lowest BCUT2D eigenvalue weighted by molar-refractivity contribution is 0.414. The van der Waals surface area contributed by atoms with E-state index in [2.05, 4.69) is 29.4 Å². The van der Waals surface area contributed by atoms with Crippen molar-refractivity contribution in [2.45, 2.75) is 26.3 Å². The van der Waals surface area contributed by atoms with Crippen LogP contribution in [0.4, 0.5) is 0 Å². The second-order valence-corrected chi connectivity index (χ2v) is 5.55. The molecule has 0 fully saturated rings. The molecule has 3 nitrogen and oxygen atoms in total. The maximum Gasteiger partial charge on any atom is 0.119 e. The number of methoxy groups -OCH3 is 1. The van der Waals surface area contributed by atoms with Crippen LogP contribution >= 0.6 is 11.3 Å². The van der Waals surface area contributed by atoms with E-state index in [1.165, 1.54) is 15.4 Å². The molecule has 0 aliphatic heterocycles. The Labute approximate surface area is 118 Å². The minimum Gasteiger partial charge on any atom is -0.497 e. The summed E-state index contributed by atoms with van der Waals surface area (Å²) in [7, 11) is 1.70. The lowest BCUT2D eigenvalue weighted by Crippen LogP contribution is -2.15. The van der Waals surface area contributed by atoms with E-state index in [1.54, 1.807) is 18.4 Å².